The first-order valence-corrected chi connectivity index (χ1v) is 15.3. The number of aliphatic hydroxyl groups is 1. The summed E-state index contributed by atoms with van der Waals surface area (Å²) in [6.45, 7) is 4.15. The predicted molar refractivity (Wildman–Crippen MR) is 153 cm³/mol. The van der Waals surface area contributed by atoms with Gasteiger partial charge in [0.15, 0.2) is 0 Å². The normalized spacial score (nSPS) is 19.7. The van der Waals surface area contributed by atoms with E-state index in [4.69, 9.17) is 4.74 Å². The standard InChI is InChI=1S/C31H35F3N2O6S/c1-22(2)25-10-8-23(9-11-25)19-35-29(37)28-18-30(38,21-41-20-24-6-4-3-5-7-24)16-17-36(28)43(39,40)27-14-12-26(13-15-27)42-31(32,33)34/h3-15,22,28,38H,16-21H2,1-2H3,(H,35,37)/t28-,30+/m1/s1. The van der Waals surface area contributed by atoms with Gasteiger partial charge in [-0.25, -0.2) is 8.42 Å². The molecule has 4 rings (SSSR count). The Balaban J connectivity index is 1.52. The highest BCUT2D eigenvalue weighted by Crippen LogP contribution is 2.33. The van der Waals surface area contributed by atoms with Crippen molar-refractivity contribution in [1.82, 2.24) is 9.62 Å². The molecule has 12 heteroatoms. The van der Waals surface area contributed by atoms with Crippen molar-refractivity contribution in [1.29, 1.82) is 0 Å². The quantitative estimate of drug-likeness (QED) is 0.308. The number of hydrogen-bond acceptors (Lipinski definition) is 6. The monoisotopic (exact) mass is 620 g/mol. The highest BCUT2D eigenvalue weighted by Gasteiger charge is 2.46. The number of piperidine rings is 1. The molecule has 0 saturated carbocycles. The van der Waals surface area contributed by atoms with Gasteiger partial charge in [0, 0.05) is 19.5 Å². The fraction of sp³-hybridized carbons (Fsp3) is 0.387. The summed E-state index contributed by atoms with van der Waals surface area (Å²) >= 11 is 0. The van der Waals surface area contributed by atoms with Gasteiger partial charge in [0.05, 0.1) is 23.7 Å². The number of carbonyl (C=O) groups is 1. The molecule has 43 heavy (non-hydrogen) atoms. The molecular formula is C31H35F3N2O6S. The number of benzene rings is 3. The number of halogens is 3. The number of nitrogens with zero attached hydrogens (tertiary/aromatic N) is 1. The molecule has 0 aliphatic carbocycles. The number of alkyl halides is 3. The summed E-state index contributed by atoms with van der Waals surface area (Å²) in [6, 6.07) is 19.5. The van der Waals surface area contributed by atoms with Crippen LogP contribution in [0.25, 0.3) is 0 Å². The zero-order valence-electron chi connectivity index (χ0n) is 23.9. The van der Waals surface area contributed by atoms with Crippen molar-refractivity contribution in [2.45, 2.75) is 68.7 Å². The van der Waals surface area contributed by atoms with Crippen molar-refractivity contribution in [2.75, 3.05) is 13.2 Å². The Hall–Kier alpha value is -3.45. The van der Waals surface area contributed by atoms with Gasteiger partial charge >= 0.3 is 6.36 Å². The van der Waals surface area contributed by atoms with Crippen LogP contribution in [0.3, 0.4) is 0 Å². The summed E-state index contributed by atoms with van der Waals surface area (Å²) in [6.07, 6.45) is -5.19. The number of nitrogens with one attached hydrogen (secondary N) is 1. The molecule has 2 atom stereocenters. The molecule has 0 spiro atoms. The van der Waals surface area contributed by atoms with Gasteiger partial charge < -0.3 is 19.9 Å². The zero-order chi connectivity index (χ0) is 31.3. The predicted octanol–water partition coefficient (Wildman–Crippen LogP) is 5.13. The Bertz CT molecular complexity index is 1470. The topological polar surface area (TPSA) is 105 Å². The zero-order valence-corrected chi connectivity index (χ0v) is 24.7. The highest BCUT2D eigenvalue weighted by molar-refractivity contribution is 7.89. The van der Waals surface area contributed by atoms with Crippen LogP contribution in [-0.4, -0.2) is 54.9 Å². The van der Waals surface area contributed by atoms with Gasteiger partial charge in [-0.3, -0.25) is 4.79 Å². The van der Waals surface area contributed by atoms with Gasteiger partial charge in [0.2, 0.25) is 15.9 Å². The van der Waals surface area contributed by atoms with Crippen molar-refractivity contribution in [3.8, 4) is 5.75 Å². The number of carbonyl (C=O) groups excluding carboxylic acids is 1. The van der Waals surface area contributed by atoms with Gasteiger partial charge in [-0.05, 0) is 53.3 Å². The SMILES string of the molecule is CC(C)c1ccc(CNC(=O)[C@H]2C[C@](O)(COCc3ccccc3)CCN2S(=O)(=O)c2ccc(OC(F)(F)F)cc2)cc1. The van der Waals surface area contributed by atoms with E-state index in [0.29, 0.717) is 5.92 Å². The van der Waals surface area contributed by atoms with Crippen molar-refractivity contribution < 1.29 is 41.0 Å². The van der Waals surface area contributed by atoms with Crippen molar-refractivity contribution in [3.05, 3.63) is 95.6 Å². The Morgan fingerprint density at radius 2 is 1.67 bits per heavy atom. The first kappa shape index (κ1) is 32.5. The van der Waals surface area contributed by atoms with Crippen molar-refractivity contribution in [2.24, 2.45) is 0 Å². The third-order valence-electron chi connectivity index (χ3n) is 7.28. The number of ether oxygens (including phenoxy) is 2. The van der Waals surface area contributed by atoms with Gasteiger partial charge in [-0.1, -0.05) is 68.4 Å². The van der Waals surface area contributed by atoms with E-state index < -0.39 is 39.7 Å². The Morgan fingerprint density at radius 1 is 1.02 bits per heavy atom. The number of hydrogen-bond donors (Lipinski definition) is 2. The minimum Gasteiger partial charge on any atom is -0.406 e. The lowest BCUT2D eigenvalue weighted by Crippen LogP contribution is -2.59. The summed E-state index contributed by atoms with van der Waals surface area (Å²) in [5.74, 6) is -0.858. The third-order valence-corrected chi connectivity index (χ3v) is 9.20. The second-order valence-corrected chi connectivity index (χ2v) is 12.8. The van der Waals surface area contributed by atoms with Crippen molar-refractivity contribution >= 4 is 15.9 Å². The minimum absolute atomic E-state index is 0.0171. The molecule has 1 heterocycles. The molecule has 1 aliphatic heterocycles. The lowest BCUT2D eigenvalue weighted by atomic mass is 9.88. The molecule has 3 aromatic rings. The summed E-state index contributed by atoms with van der Waals surface area (Å²) < 4.78 is 75.7. The van der Waals surface area contributed by atoms with Crippen LogP contribution in [0, 0.1) is 0 Å². The Labute approximate surface area is 249 Å². The van der Waals surface area contributed by atoms with E-state index in [1.54, 1.807) is 0 Å². The Kier molecular flexibility index (Phi) is 10.2. The molecule has 3 aromatic carbocycles. The number of rotatable bonds is 11. The van der Waals surface area contributed by atoms with Crippen molar-refractivity contribution in [3.63, 3.8) is 0 Å². The first-order valence-electron chi connectivity index (χ1n) is 13.8. The van der Waals surface area contributed by atoms with Crippen LogP contribution in [0.1, 0.15) is 49.3 Å². The maximum atomic E-state index is 13.7. The highest BCUT2D eigenvalue weighted by atomic mass is 32.2. The molecule has 0 radical (unpaired) electrons. The van der Waals surface area contributed by atoms with E-state index in [1.807, 2.05) is 54.6 Å². The second kappa shape index (κ2) is 13.5. The molecule has 0 aromatic heterocycles. The molecule has 1 fully saturated rings. The van der Waals surface area contributed by atoms with Gasteiger partial charge in [0.25, 0.3) is 0 Å². The molecule has 2 N–H and O–H groups in total. The van der Waals surface area contributed by atoms with Crippen LogP contribution >= 0.6 is 0 Å². The largest absolute Gasteiger partial charge is 0.573 e. The van der Waals surface area contributed by atoms with Gasteiger partial charge in [0.1, 0.15) is 11.8 Å². The van der Waals surface area contributed by atoms with Crippen LogP contribution < -0.4 is 10.1 Å². The number of sulfonamides is 1. The van der Waals surface area contributed by atoms with E-state index in [1.165, 1.54) is 0 Å². The summed E-state index contributed by atoms with van der Waals surface area (Å²) in [5.41, 5.74) is 1.34. The number of amides is 1. The van der Waals surface area contributed by atoms with Gasteiger partial charge in [-0.15, -0.1) is 13.2 Å². The molecule has 8 nitrogen and oxygen atoms in total. The van der Waals surface area contributed by atoms with Crippen LogP contribution in [0.5, 0.6) is 5.75 Å². The molecule has 0 unspecified atom stereocenters. The maximum Gasteiger partial charge on any atom is 0.573 e. The van der Waals surface area contributed by atoms with E-state index in [9.17, 15) is 31.5 Å². The fourth-order valence-electron chi connectivity index (χ4n) is 4.89. The lowest BCUT2D eigenvalue weighted by Gasteiger charge is -2.42. The van der Waals surface area contributed by atoms with E-state index in [2.05, 4.69) is 23.9 Å². The molecular weight excluding hydrogens is 585 g/mol. The van der Waals surface area contributed by atoms with Gasteiger partial charge in [-0.2, -0.15) is 4.31 Å². The van der Waals surface area contributed by atoms with Crippen LogP contribution in [-0.2, 0) is 32.7 Å². The van der Waals surface area contributed by atoms with Crippen LogP contribution in [0.4, 0.5) is 13.2 Å². The third kappa shape index (κ3) is 8.79. The fourth-order valence-corrected chi connectivity index (χ4v) is 6.48. The first-order chi connectivity index (χ1) is 20.3. The van der Waals surface area contributed by atoms with E-state index in [-0.39, 0.29) is 44.0 Å². The maximum absolute atomic E-state index is 13.7. The summed E-state index contributed by atoms with van der Waals surface area (Å²) in [7, 11) is -4.34. The smallest absolute Gasteiger partial charge is 0.406 e. The van der Waals surface area contributed by atoms with E-state index in [0.717, 1.165) is 45.3 Å². The average molecular weight is 621 g/mol. The molecule has 1 aliphatic rings. The second-order valence-electron chi connectivity index (χ2n) is 10.9. The molecule has 0 bridgehead atoms. The van der Waals surface area contributed by atoms with E-state index >= 15 is 0 Å². The molecule has 232 valence electrons. The summed E-state index contributed by atoms with van der Waals surface area (Å²) in [5, 5.41) is 14.2. The average Bonchev–Trinajstić information content (AvgIpc) is 2.96. The Morgan fingerprint density at radius 3 is 2.28 bits per heavy atom. The molecule has 1 amide bonds. The lowest BCUT2D eigenvalue weighted by molar-refractivity contribution is -0.274. The molecule has 1 saturated heterocycles. The van der Waals surface area contributed by atoms with Crippen LogP contribution in [0.15, 0.2) is 83.8 Å². The summed E-state index contributed by atoms with van der Waals surface area (Å²) in [4.78, 5) is 13.2. The minimum atomic E-state index is -4.93. The van der Waals surface area contributed by atoms with Crippen LogP contribution in [0.2, 0.25) is 0 Å².